The normalized spacial score (nSPS) is 17.7. The van der Waals surface area contributed by atoms with Crippen LogP contribution in [0, 0.1) is 0 Å². The zero-order valence-electron chi connectivity index (χ0n) is 17.0. The molecule has 1 fully saturated rings. The number of carbonyl (C=O) groups excluding carboxylic acids is 1. The average molecular weight is 437 g/mol. The lowest BCUT2D eigenvalue weighted by molar-refractivity contribution is -0.122. The van der Waals surface area contributed by atoms with Gasteiger partial charge >= 0.3 is 0 Å². The van der Waals surface area contributed by atoms with Crippen molar-refractivity contribution in [2.45, 2.75) is 31.4 Å². The number of amides is 1. The lowest BCUT2D eigenvalue weighted by Gasteiger charge is -2.44. The van der Waals surface area contributed by atoms with Crippen LogP contribution in [0.3, 0.4) is 0 Å². The molecule has 0 saturated carbocycles. The van der Waals surface area contributed by atoms with Gasteiger partial charge in [-0.05, 0) is 24.5 Å². The maximum atomic E-state index is 12.3. The summed E-state index contributed by atoms with van der Waals surface area (Å²) in [7, 11) is 2.03. The number of aliphatic hydroxyl groups is 1. The number of nitrogens with zero attached hydrogens (tertiary/aromatic N) is 3. The van der Waals surface area contributed by atoms with Crippen molar-refractivity contribution in [3.05, 3.63) is 39.6 Å². The first-order valence-corrected chi connectivity index (χ1v) is 10.8. The second-order valence-electron chi connectivity index (χ2n) is 7.36. The summed E-state index contributed by atoms with van der Waals surface area (Å²) in [6.07, 6.45) is 6.54. The van der Waals surface area contributed by atoms with Crippen LogP contribution in [-0.4, -0.2) is 69.9 Å². The highest BCUT2D eigenvalue weighted by molar-refractivity contribution is 7.14. The molecule has 0 unspecified atom stereocenters. The summed E-state index contributed by atoms with van der Waals surface area (Å²) in [6, 6.07) is 2.01. The molecule has 2 aliphatic heterocycles. The molecule has 164 valence electrons. The highest BCUT2D eigenvalue weighted by atomic mass is 32.1. The van der Waals surface area contributed by atoms with Crippen molar-refractivity contribution >= 4 is 23.7 Å². The van der Waals surface area contributed by atoms with E-state index in [4.69, 9.17) is 19.7 Å². The van der Waals surface area contributed by atoms with Gasteiger partial charge in [0.15, 0.2) is 0 Å². The van der Waals surface area contributed by atoms with Gasteiger partial charge in [-0.25, -0.2) is 4.98 Å². The fraction of sp³-hybridized carbons (Fsp3) is 0.550. The van der Waals surface area contributed by atoms with Crippen molar-refractivity contribution in [1.82, 2.24) is 19.8 Å². The molecule has 1 saturated heterocycles. The Morgan fingerprint density at radius 2 is 2.17 bits per heavy atom. The van der Waals surface area contributed by atoms with Gasteiger partial charge in [0.25, 0.3) is 12.4 Å². The van der Waals surface area contributed by atoms with Crippen LogP contribution in [0.2, 0.25) is 0 Å². The van der Waals surface area contributed by atoms with Crippen LogP contribution in [0.15, 0.2) is 18.5 Å². The first-order chi connectivity index (χ1) is 14.5. The Hall–Kier alpha value is -2.27. The van der Waals surface area contributed by atoms with Crippen molar-refractivity contribution in [2.75, 3.05) is 32.8 Å². The van der Waals surface area contributed by atoms with E-state index in [-0.39, 0.29) is 31.1 Å². The van der Waals surface area contributed by atoms with Crippen molar-refractivity contribution in [3.63, 3.8) is 0 Å². The topological polar surface area (TPSA) is 117 Å². The van der Waals surface area contributed by atoms with Gasteiger partial charge in [0, 0.05) is 50.4 Å². The van der Waals surface area contributed by atoms with Crippen LogP contribution in [0.25, 0.3) is 0 Å². The third-order valence-electron chi connectivity index (χ3n) is 5.58. The summed E-state index contributed by atoms with van der Waals surface area (Å²) in [5.74, 6) is 0.973. The molecule has 9 nitrogen and oxygen atoms in total. The zero-order chi connectivity index (χ0) is 21.6. The molecule has 2 aromatic heterocycles. The number of thiophene rings is 1. The van der Waals surface area contributed by atoms with Crippen LogP contribution < -0.4 is 5.32 Å². The maximum Gasteiger partial charge on any atom is 0.290 e. The summed E-state index contributed by atoms with van der Waals surface area (Å²) < 4.78 is 8.37. The minimum atomic E-state index is -0.266. The zero-order valence-corrected chi connectivity index (χ0v) is 17.9. The molecule has 1 spiro atoms. The second-order valence-corrected chi connectivity index (χ2v) is 8.49. The van der Waals surface area contributed by atoms with Crippen LogP contribution in [0.4, 0.5) is 0 Å². The quantitative estimate of drug-likeness (QED) is 0.598. The van der Waals surface area contributed by atoms with Crippen LogP contribution in [0.1, 0.15) is 38.8 Å². The molecule has 0 aliphatic carbocycles. The highest BCUT2D eigenvalue weighted by Gasteiger charge is 2.42. The average Bonchev–Trinajstić information content (AvgIpc) is 3.36. The Morgan fingerprint density at radius 1 is 1.43 bits per heavy atom. The minimum Gasteiger partial charge on any atom is -0.483 e. The number of rotatable bonds is 5. The lowest BCUT2D eigenvalue weighted by Crippen LogP contribution is -2.46. The van der Waals surface area contributed by atoms with Crippen molar-refractivity contribution in [3.8, 4) is 0 Å². The van der Waals surface area contributed by atoms with Gasteiger partial charge in [0.1, 0.15) is 5.82 Å². The van der Waals surface area contributed by atoms with Crippen LogP contribution in [0.5, 0.6) is 0 Å². The Labute approximate surface area is 179 Å². The lowest BCUT2D eigenvalue weighted by atomic mass is 9.82. The third kappa shape index (κ3) is 4.89. The fourth-order valence-corrected chi connectivity index (χ4v) is 5.17. The van der Waals surface area contributed by atoms with E-state index in [1.54, 1.807) is 11.3 Å². The van der Waals surface area contributed by atoms with Gasteiger partial charge in [-0.3, -0.25) is 14.5 Å². The van der Waals surface area contributed by atoms with Gasteiger partial charge in [-0.2, -0.15) is 0 Å². The molecular weight excluding hydrogens is 408 g/mol. The molecule has 2 aliphatic rings. The number of imidazole rings is 1. The van der Waals surface area contributed by atoms with E-state index in [9.17, 15) is 4.79 Å². The highest BCUT2D eigenvalue weighted by Crippen LogP contribution is 2.44. The second kappa shape index (κ2) is 10.2. The van der Waals surface area contributed by atoms with Gasteiger partial charge in [-0.1, -0.05) is 0 Å². The molecule has 4 heterocycles. The van der Waals surface area contributed by atoms with E-state index in [1.807, 2.05) is 25.5 Å². The Balaban J connectivity index is 0.000000806. The fourth-order valence-electron chi connectivity index (χ4n) is 4.02. The number of aryl methyl sites for hydroxylation is 1. The number of piperidine rings is 1. The molecule has 0 radical (unpaired) electrons. The predicted molar refractivity (Wildman–Crippen MR) is 111 cm³/mol. The van der Waals surface area contributed by atoms with Gasteiger partial charge in [-0.15, -0.1) is 11.3 Å². The molecule has 0 atom stereocenters. The number of aromatic nitrogens is 2. The van der Waals surface area contributed by atoms with E-state index in [1.165, 1.54) is 10.4 Å². The van der Waals surface area contributed by atoms with E-state index in [0.29, 0.717) is 11.5 Å². The van der Waals surface area contributed by atoms with E-state index < -0.39 is 0 Å². The first kappa shape index (κ1) is 22.4. The molecular formula is C20H28N4O5S. The Morgan fingerprint density at radius 3 is 2.80 bits per heavy atom. The number of nitrogens with one attached hydrogen (secondary N) is 1. The summed E-state index contributed by atoms with van der Waals surface area (Å²) in [6.45, 7) is 3.46. The van der Waals surface area contributed by atoms with Crippen molar-refractivity contribution in [2.24, 2.45) is 7.05 Å². The van der Waals surface area contributed by atoms with Crippen LogP contribution >= 0.6 is 11.3 Å². The number of aliphatic hydroxyl groups excluding tert-OH is 1. The number of fused-ring (bicyclic) bond motifs is 2. The van der Waals surface area contributed by atoms with Crippen LogP contribution in [-0.2, 0) is 35.1 Å². The number of carbonyl (C=O) groups is 2. The smallest absolute Gasteiger partial charge is 0.290 e. The number of likely N-dealkylation sites (tertiary alicyclic amines) is 1. The molecule has 1 amide bonds. The number of carboxylic acid groups (broad SMARTS) is 1. The van der Waals surface area contributed by atoms with Gasteiger partial charge in [0.05, 0.1) is 30.2 Å². The largest absolute Gasteiger partial charge is 0.483 e. The van der Waals surface area contributed by atoms with Gasteiger partial charge < -0.3 is 24.8 Å². The van der Waals surface area contributed by atoms with Crippen molar-refractivity contribution in [1.29, 1.82) is 0 Å². The molecule has 2 aromatic rings. The summed E-state index contributed by atoms with van der Waals surface area (Å²) in [5.41, 5.74) is 0.933. The maximum absolute atomic E-state index is 12.3. The Bertz CT molecular complexity index is 857. The molecule has 10 heteroatoms. The monoisotopic (exact) mass is 436 g/mol. The predicted octanol–water partition coefficient (Wildman–Crippen LogP) is 0.969. The third-order valence-corrected chi connectivity index (χ3v) is 6.77. The number of ether oxygens (including phenoxy) is 1. The summed E-state index contributed by atoms with van der Waals surface area (Å²) >= 11 is 1.57. The van der Waals surface area contributed by atoms with E-state index in [2.05, 4.69) is 19.8 Å². The number of hydrogen-bond donors (Lipinski definition) is 3. The number of hydrogen-bond acceptors (Lipinski definition) is 7. The SMILES string of the molecule is Cn1ccnc1CN1CCC2(CC1)OCCc1sc(C(=O)NCCO)cc12.O=CO. The summed E-state index contributed by atoms with van der Waals surface area (Å²) in [5, 5.41) is 18.6. The molecule has 3 N–H and O–H groups in total. The molecule has 4 rings (SSSR count). The summed E-state index contributed by atoms with van der Waals surface area (Å²) in [4.78, 5) is 29.5. The molecule has 0 bridgehead atoms. The molecule has 30 heavy (non-hydrogen) atoms. The van der Waals surface area contributed by atoms with Crippen molar-refractivity contribution < 1.29 is 24.5 Å². The standard InChI is InChI=1S/C19H26N4O3S.CH2O2/c1-22-9-5-20-17(22)13-23-7-3-19(4-8-23)14-12-16(18(25)21-6-10-24)27-15(14)2-11-26-19;2-1-3/h5,9,12,24H,2-4,6-8,10-11,13H2,1H3,(H,21,25);1H,(H,2,3). The minimum absolute atomic E-state index is 0.0459. The van der Waals surface area contributed by atoms with E-state index in [0.717, 1.165) is 44.7 Å². The Kier molecular flexibility index (Phi) is 7.59. The van der Waals surface area contributed by atoms with E-state index >= 15 is 0 Å². The first-order valence-electron chi connectivity index (χ1n) is 9.95. The van der Waals surface area contributed by atoms with Gasteiger partial charge in [0.2, 0.25) is 0 Å². The molecule has 0 aromatic carbocycles.